The molecule has 3 heteroatoms. The molecule has 0 amide bonds. The number of benzene rings is 2. The average Bonchev–Trinajstić information content (AvgIpc) is 2.39. The Hall–Kier alpha value is -0.800. The minimum atomic E-state index is 0.706. The number of nitrogens with one attached hydrogen (secondary N) is 1. The van der Waals surface area contributed by atoms with Gasteiger partial charge in [-0.05, 0) is 57.6 Å². The minimum Gasteiger partial charge on any atom is -0.380 e. The van der Waals surface area contributed by atoms with Crippen molar-refractivity contribution in [1.82, 2.24) is 0 Å². The van der Waals surface area contributed by atoms with Crippen LogP contribution in [0, 0.1) is 5.92 Å². The monoisotopic (exact) mass is 395 g/mol. The summed E-state index contributed by atoms with van der Waals surface area (Å²) >= 11 is 7.03. The van der Waals surface area contributed by atoms with Crippen LogP contribution < -0.4 is 5.32 Å². The van der Waals surface area contributed by atoms with Crippen LogP contribution >= 0.6 is 31.9 Å². The zero-order chi connectivity index (χ0) is 14.5. The Morgan fingerprint density at radius 3 is 2.20 bits per heavy atom. The maximum Gasteiger partial charge on any atom is 0.0488 e. The van der Waals surface area contributed by atoms with Crippen LogP contribution in [0.2, 0.25) is 0 Å². The Morgan fingerprint density at radius 1 is 0.950 bits per heavy atom. The van der Waals surface area contributed by atoms with Gasteiger partial charge < -0.3 is 5.32 Å². The smallest absolute Gasteiger partial charge is 0.0488 e. The second-order valence-corrected chi connectivity index (χ2v) is 7.16. The predicted molar refractivity (Wildman–Crippen MR) is 94.2 cm³/mol. The Balaban J connectivity index is 1.96. The van der Waals surface area contributed by atoms with Crippen LogP contribution in [0.5, 0.6) is 0 Å². The van der Waals surface area contributed by atoms with E-state index in [1.165, 1.54) is 11.1 Å². The third kappa shape index (κ3) is 4.64. The molecular formula is C17H19Br2N. The molecule has 0 spiro atoms. The third-order valence-corrected chi connectivity index (χ3v) is 4.23. The first kappa shape index (κ1) is 15.6. The van der Waals surface area contributed by atoms with E-state index in [2.05, 4.69) is 81.4 Å². The molecule has 20 heavy (non-hydrogen) atoms. The summed E-state index contributed by atoms with van der Waals surface area (Å²) in [5, 5.41) is 3.45. The fourth-order valence-electron chi connectivity index (χ4n) is 2.09. The van der Waals surface area contributed by atoms with Gasteiger partial charge in [0.2, 0.25) is 0 Å². The van der Waals surface area contributed by atoms with Gasteiger partial charge >= 0.3 is 0 Å². The molecule has 106 valence electrons. The Morgan fingerprint density at radius 2 is 1.60 bits per heavy atom. The number of anilines is 1. The molecule has 0 atom stereocenters. The molecule has 2 aromatic rings. The van der Waals surface area contributed by atoms with E-state index in [9.17, 15) is 0 Å². The summed E-state index contributed by atoms with van der Waals surface area (Å²) in [5.41, 5.74) is 3.82. The van der Waals surface area contributed by atoms with Gasteiger partial charge in [0.15, 0.2) is 0 Å². The zero-order valence-corrected chi connectivity index (χ0v) is 15.0. The lowest BCUT2D eigenvalue weighted by Gasteiger charge is -2.10. The maximum absolute atomic E-state index is 3.57. The van der Waals surface area contributed by atoms with Crippen molar-refractivity contribution in [3.8, 4) is 0 Å². The fraction of sp³-hybridized carbons (Fsp3) is 0.294. The van der Waals surface area contributed by atoms with Gasteiger partial charge in [-0.15, -0.1) is 0 Å². The summed E-state index contributed by atoms with van der Waals surface area (Å²) < 4.78 is 2.15. The molecule has 0 heterocycles. The van der Waals surface area contributed by atoms with Crippen molar-refractivity contribution in [3.63, 3.8) is 0 Å². The van der Waals surface area contributed by atoms with E-state index in [1.807, 2.05) is 12.1 Å². The van der Waals surface area contributed by atoms with Crippen LogP contribution in [0.25, 0.3) is 0 Å². The Labute approximate surface area is 138 Å². The molecule has 0 fully saturated rings. The molecule has 0 saturated heterocycles. The number of hydrogen-bond acceptors (Lipinski definition) is 1. The topological polar surface area (TPSA) is 12.0 Å². The van der Waals surface area contributed by atoms with Crippen molar-refractivity contribution >= 4 is 37.5 Å². The maximum atomic E-state index is 3.57. The molecule has 0 aliphatic heterocycles. The van der Waals surface area contributed by atoms with Gasteiger partial charge in [-0.1, -0.05) is 54.0 Å². The molecule has 2 aromatic carbocycles. The van der Waals surface area contributed by atoms with Gasteiger partial charge in [0.25, 0.3) is 0 Å². The Kier molecular flexibility index (Phi) is 5.67. The highest BCUT2D eigenvalue weighted by atomic mass is 79.9. The van der Waals surface area contributed by atoms with E-state index in [-0.39, 0.29) is 0 Å². The van der Waals surface area contributed by atoms with Crippen LogP contribution in [0.4, 0.5) is 5.69 Å². The minimum absolute atomic E-state index is 0.706. The molecular weight excluding hydrogens is 378 g/mol. The van der Waals surface area contributed by atoms with E-state index in [1.54, 1.807) is 0 Å². The quantitative estimate of drug-likeness (QED) is 0.651. The van der Waals surface area contributed by atoms with Gasteiger partial charge in [0.05, 0.1) is 0 Å². The largest absolute Gasteiger partial charge is 0.380 e. The molecule has 1 nitrogen and oxygen atoms in total. The summed E-state index contributed by atoms with van der Waals surface area (Å²) in [6.07, 6.45) is 1.14. The second kappa shape index (κ2) is 7.28. The van der Waals surface area contributed by atoms with Crippen molar-refractivity contribution in [2.45, 2.75) is 26.8 Å². The van der Waals surface area contributed by atoms with E-state index in [4.69, 9.17) is 0 Å². The van der Waals surface area contributed by atoms with Crippen molar-refractivity contribution in [2.24, 2.45) is 5.92 Å². The van der Waals surface area contributed by atoms with Crippen LogP contribution in [0.15, 0.2) is 51.4 Å². The van der Waals surface area contributed by atoms with E-state index >= 15 is 0 Å². The van der Waals surface area contributed by atoms with Gasteiger partial charge in [0.1, 0.15) is 0 Å². The SMILES string of the molecule is CC(C)Cc1ccc(CNc2ccc(Br)cc2Br)cc1. The highest BCUT2D eigenvalue weighted by molar-refractivity contribution is 9.11. The third-order valence-electron chi connectivity index (χ3n) is 3.08. The lowest BCUT2D eigenvalue weighted by molar-refractivity contribution is 0.647. The second-order valence-electron chi connectivity index (χ2n) is 5.39. The van der Waals surface area contributed by atoms with Gasteiger partial charge in [-0.3, -0.25) is 0 Å². The summed E-state index contributed by atoms with van der Waals surface area (Å²) in [4.78, 5) is 0. The standard InChI is InChI=1S/C17H19Br2N/c1-12(2)9-13-3-5-14(6-4-13)11-20-17-8-7-15(18)10-16(17)19/h3-8,10,12,20H,9,11H2,1-2H3. The van der Waals surface area contributed by atoms with Gasteiger partial charge in [-0.2, -0.15) is 0 Å². The Bertz CT molecular complexity index is 562. The van der Waals surface area contributed by atoms with Crippen molar-refractivity contribution in [2.75, 3.05) is 5.32 Å². The highest BCUT2D eigenvalue weighted by Crippen LogP contribution is 2.26. The van der Waals surface area contributed by atoms with E-state index < -0.39 is 0 Å². The predicted octanol–water partition coefficient (Wildman–Crippen LogP) is 6.02. The first-order valence-electron chi connectivity index (χ1n) is 6.81. The first-order valence-corrected chi connectivity index (χ1v) is 8.40. The van der Waals surface area contributed by atoms with Crippen LogP contribution in [-0.4, -0.2) is 0 Å². The molecule has 0 aliphatic rings. The number of hydrogen-bond donors (Lipinski definition) is 1. The molecule has 1 N–H and O–H groups in total. The average molecular weight is 397 g/mol. The van der Waals surface area contributed by atoms with Crippen molar-refractivity contribution in [3.05, 3.63) is 62.5 Å². The van der Waals surface area contributed by atoms with Gasteiger partial charge in [0, 0.05) is 21.2 Å². The molecule has 0 bridgehead atoms. The lowest BCUT2D eigenvalue weighted by Crippen LogP contribution is -2.00. The van der Waals surface area contributed by atoms with Crippen LogP contribution in [0.3, 0.4) is 0 Å². The molecule has 0 unspecified atom stereocenters. The van der Waals surface area contributed by atoms with Crippen LogP contribution in [-0.2, 0) is 13.0 Å². The normalized spacial score (nSPS) is 10.8. The molecule has 0 radical (unpaired) electrons. The lowest BCUT2D eigenvalue weighted by atomic mass is 10.0. The highest BCUT2D eigenvalue weighted by Gasteiger charge is 2.01. The van der Waals surface area contributed by atoms with E-state index in [0.29, 0.717) is 5.92 Å². The summed E-state index contributed by atoms with van der Waals surface area (Å²) in [5.74, 6) is 0.706. The van der Waals surface area contributed by atoms with E-state index in [0.717, 1.165) is 27.6 Å². The molecule has 0 aliphatic carbocycles. The van der Waals surface area contributed by atoms with Crippen molar-refractivity contribution < 1.29 is 0 Å². The molecule has 0 saturated carbocycles. The summed E-state index contributed by atoms with van der Waals surface area (Å²) in [6.45, 7) is 5.34. The van der Waals surface area contributed by atoms with Crippen molar-refractivity contribution in [1.29, 1.82) is 0 Å². The zero-order valence-electron chi connectivity index (χ0n) is 11.8. The first-order chi connectivity index (χ1) is 9.54. The summed E-state index contributed by atoms with van der Waals surface area (Å²) in [7, 11) is 0. The number of rotatable bonds is 5. The summed E-state index contributed by atoms with van der Waals surface area (Å²) in [6, 6.07) is 15.0. The molecule has 2 rings (SSSR count). The fourth-order valence-corrected chi connectivity index (χ4v) is 3.28. The van der Waals surface area contributed by atoms with Gasteiger partial charge in [-0.25, -0.2) is 0 Å². The molecule has 0 aromatic heterocycles. The number of halogens is 2. The van der Waals surface area contributed by atoms with Crippen LogP contribution in [0.1, 0.15) is 25.0 Å².